The van der Waals surface area contributed by atoms with E-state index in [4.69, 9.17) is 13.9 Å². The third-order valence-corrected chi connectivity index (χ3v) is 3.48. The molecule has 1 aromatic heterocycles. The topological polar surface area (TPSA) is 64.3 Å². The second-order valence-electron chi connectivity index (χ2n) is 4.77. The smallest absolute Gasteiger partial charge is 0.309 e. The van der Waals surface area contributed by atoms with E-state index < -0.39 is 0 Å². The van der Waals surface area contributed by atoms with E-state index >= 15 is 0 Å². The van der Waals surface area contributed by atoms with E-state index in [0.717, 1.165) is 11.3 Å². The molecule has 3 rings (SSSR count). The number of furan rings is 1. The van der Waals surface area contributed by atoms with Crippen LogP contribution in [0.5, 0.6) is 11.5 Å². The highest BCUT2D eigenvalue weighted by molar-refractivity contribution is 6.04. The molecule has 0 spiro atoms. The summed E-state index contributed by atoms with van der Waals surface area (Å²) >= 11 is 0. The van der Waals surface area contributed by atoms with E-state index in [0.29, 0.717) is 24.5 Å². The van der Waals surface area contributed by atoms with Gasteiger partial charge in [0.1, 0.15) is 0 Å². The van der Waals surface area contributed by atoms with E-state index in [1.807, 2.05) is 18.2 Å². The third-order valence-electron chi connectivity index (χ3n) is 3.48. The number of rotatable bonds is 4. The number of carbonyl (C=O) groups is 1. The minimum atomic E-state index is -0.236. The highest BCUT2D eigenvalue weighted by Crippen LogP contribution is 2.29. The first kappa shape index (κ1) is 14.2. The van der Waals surface area contributed by atoms with Crippen molar-refractivity contribution in [1.29, 1.82) is 0 Å². The lowest BCUT2D eigenvalue weighted by Crippen LogP contribution is -2.22. The number of amides is 1. The van der Waals surface area contributed by atoms with E-state index in [2.05, 4.69) is 5.10 Å². The monoisotopic (exact) mass is 300 g/mol. The van der Waals surface area contributed by atoms with Crippen molar-refractivity contribution in [2.45, 2.75) is 6.42 Å². The summed E-state index contributed by atoms with van der Waals surface area (Å²) in [4.78, 5) is 12.2. The highest BCUT2D eigenvalue weighted by atomic mass is 16.5. The molecule has 0 aliphatic carbocycles. The molecule has 114 valence electrons. The number of ether oxygens (including phenoxy) is 2. The van der Waals surface area contributed by atoms with Crippen LogP contribution in [0.1, 0.15) is 22.5 Å². The lowest BCUT2D eigenvalue weighted by Gasteiger charge is -2.09. The van der Waals surface area contributed by atoms with Crippen LogP contribution in [0, 0.1) is 0 Å². The SMILES string of the molecule is COc1ccc(C2=NN(C(=O)c3ccco3)CC2)cc1OC. The summed E-state index contributed by atoms with van der Waals surface area (Å²) in [6, 6.07) is 8.90. The molecule has 0 bridgehead atoms. The van der Waals surface area contributed by atoms with Gasteiger partial charge in [-0.25, -0.2) is 5.01 Å². The molecule has 1 aliphatic rings. The van der Waals surface area contributed by atoms with Crippen molar-refractivity contribution in [3.8, 4) is 11.5 Å². The van der Waals surface area contributed by atoms with Gasteiger partial charge in [-0.05, 0) is 30.3 Å². The Bertz CT molecular complexity index is 707. The second-order valence-corrected chi connectivity index (χ2v) is 4.77. The molecule has 6 nitrogen and oxygen atoms in total. The summed E-state index contributed by atoms with van der Waals surface area (Å²) in [5, 5.41) is 5.81. The van der Waals surface area contributed by atoms with Crippen molar-refractivity contribution in [1.82, 2.24) is 5.01 Å². The molecule has 0 saturated heterocycles. The van der Waals surface area contributed by atoms with Crippen LogP contribution >= 0.6 is 0 Å². The molecule has 1 aromatic carbocycles. The molecule has 0 saturated carbocycles. The number of nitrogens with zero attached hydrogens (tertiary/aromatic N) is 2. The predicted molar refractivity (Wildman–Crippen MR) is 80.4 cm³/mol. The number of benzene rings is 1. The zero-order valence-electron chi connectivity index (χ0n) is 12.4. The molecule has 6 heteroatoms. The summed E-state index contributed by atoms with van der Waals surface area (Å²) in [5.74, 6) is 1.35. The van der Waals surface area contributed by atoms with Gasteiger partial charge in [-0.1, -0.05) is 0 Å². The van der Waals surface area contributed by atoms with Gasteiger partial charge in [0.05, 0.1) is 32.7 Å². The number of hydrogen-bond donors (Lipinski definition) is 0. The average molecular weight is 300 g/mol. The Morgan fingerprint density at radius 2 is 2.05 bits per heavy atom. The fourth-order valence-corrected chi connectivity index (χ4v) is 2.35. The fraction of sp³-hybridized carbons (Fsp3) is 0.250. The Balaban J connectivity index is 1.84. The molecule has 0 unspecified atom stereocenters. The quantitative estimate of drug-likeness (QED) is 0.870. The second kappa shape index (κ2) is 5.93. The van der Waals surface area contributed by atoms with Gasteiger partial charge < -0.3 is 13.9 Å². The van der Waals surface area contributed by atoms with Gasteiger partial charge in [0.2, 0.25) is 0 Å². The van der Waals surface area contributed by atoms with E-state index in [1.165, 1.54) is 11.3 Å². The van der Waals surface area contributed by atoms with Gasteiger partial charge in [-0.15, -0.1) is 0 Å². The van der Waals surface area contributed by atoms with E-state index in [9.17, 15) is 4.79 Å². The van der Waals surface area contributed by atoms with Crippen molar-refractivity contribution in [3.63, 3.8) is 0 Å². The zero-order chi connectivity index (χ0) is 15.5. The summed E-state index contributed by atoms with van der Waals surface area (Å²) < 4.78 is 15.6. The molecule has 0 N–H and O–H groups in total. The van der Waals surface area contributed by atoms with Crippen molar-refractivity contribution in [3.05, 3.63) is 47.9 Å². The molecule has 1 amide bonds. The maximum absolute atomic E-state index is 12.2. The molecular formula is C16H16N2O4. The number of hydrogen-bond acceptors (Lipinski definition) is 5. The Kier molecular flexibility index (Phi) is 3.82. The molecule has 1 aliphatic heterocycles. The molecule has 0 atom stereocenters. The van der Waals surface area contributed by atoms with Gasteiger partial charge in [-0.3, -0.25) is 4.79 Å². The fourth-order valence-electron chi connectivity index (χ4n) is 2.35. The normalized spacial score (nSPS) is 13.9. The summed E-state index contributed by atoms with van der Waals surface area (Å²) in [6.45, 7) is 0.531. The Hall–Kier alpha value is -2.76. The Morgan fingerprint density at radius 3 is 2.73 bits per heavy atom. The molecule has 22 heavy (non-hydrogen) atoms. The lowest BCUT2D eigenvalue weighted by molar-refractivity contribution is 0.0746. The van der Waals surface area contributed by atoms with Gasteiger partial charge in [0.15, 0.2) is 17.3 Å². The van der Waals surface area contributed by atoms with E-state index in [1.54, 1.807) is 26.4 Å². The maximum atomic E-state index is 12.2. The van der Waals surface area contributed by atoms with Crippen LogP contribution in [-0.2, 0) is 0 Å². The molecule has 2 heterocycles. The largest absolute Gasteiger partial charge is 0.493 e. The van der Waals surface area contributed by atoms with Crippen LogP contribution in [0.4, 0.5) is 0 Å². The number of carbonyl (C=O) groups excluding carboxylic acids is 1. The standard InChI is InChI=1S/C16H16N2O4/c1-20-13-6-5-11(10-15(13)21-2)12-7-8-18(17-12)16(19)14-4-3-9-22-14/h3-6,9-10H,7-8H2,1-2H3. The first-order valence-corrected chi connectivity index (χ1v) is 6.88. The first-order chi connectivity index (χ1) is 10.7. The lowest BCUT2D eigenvalue weighted by atomic mass is 10.1. The van der Waals surface area contributed by atoms with Gasteiger partial charge in [-0.2, -0.15) is 5.10 Å². The van der Waals surface area contributed by atoms with Crippen LogP contribution in [0.2, 0.25) is 0 Å². The van der Waals surface area contributed by atoms with Crippen LogP contribution < -0.4 is 9.47 Å². The van der Waals surface area contributed by atoms with Crippen molar-refractivity contribution in [2.75, 3.05) is 20.8 Å². The molecule has 2 aromatic rings. The summed E-state index contributed by atoms with van der Waals surface area (Å²) in [6.07, 6.45) is 2.16. The summed E-state index contributed by atoms with van der Waals surface area (Å²) in [7, 11) is 3.18. The predicted octanol–water partition coefficient (Wildman–Crippen LogP) is 2.55. The minimum Gasteiger partial charge on any atom is -0.493 e. The zero-order valence-corrected chi connectivity index (χ0v) is 12.4. The van der Waals surface area contributed by atoms with Crippen LogP contribution in [-0.4, -0.2) is 37.4 Å². The number of hydrazone groups is 1. The van der Waals surface area contributed by atoms with Crippen molar-refractivity contribution in [2.24, 2.45) is 5.10 Å². The Labute approximate surface area is 127 Å². The summed E-state index contributed by atoms with van der Waals surface area (Å²) in [5.41, 5.74) is 1.74. The van der Waals surface area contributed by atoms with E-state index in [-0.39, 0.29) is 11.7 Å². The minimum absolute atomic E-state index is 0.236. The highest BCUT2D eigenvalue weighted by Gasteiger charge is 2.24. The van der Waals surface area contributed by atoms with Crippen molar-refractivity contribution >= 4 is 11.6 Å². The molecular weight excluding hydrogens is 284 g/mol. The average Bonchev–Trinajstić information content (AvgIpc) is 3.25. The van der Waals surface area contributed by atoms with Crippen LogP contribution in [0.25, 0.3) is 0 Å². The first-order valence-electron chi connectivity index (χ1n) is 6.88. The Morgan fingerprint density at radius 1 is 1.23 bits per heavy atom. The van der Waals surface area contributed by atoms with Crippen LogP contribution in [0.15, 0.2) is 46.1 Å². The van der Waals surface area contributed by atoms with Crippen LogP contribution in [0.3, 0.4) is 0 Å². The third kappa shape index (κ3) is 2.55. The molecule has 0 fully saturated rings. The maximum Gasteiger partial charge on any atom is 0.309 e. The number of methoxy groups -OCH3 is 2. The molecule has 0 radical (unpaired) electrons. The van der Waals surface area contributed by atoms with Gasteiger partial charge >= 0.3 is 5.91 Å². The van der Waals surface area contributed by atoms with Gasteiger partial charge in [0, 0.05) is 12.0 Å². The van der Waals surface area contributed by atoms with Crippen molar-refractivity contribution < 1.29 is 18.7 Å². The van der Waals surface area contributed by atoms with Gasteiger partial charge in [0.25, 0.3) is 0 Å².